The monoisotopic (exact) mass is 180 g/mol. The normalized spacial score (nSPS) is 7.62. The number of hydrogen-bond donors (Lipinski definition) is 2. The molecule has 0 bridgehead atoms. The molecule has 0 spiro atoms. The molecular weight excluding hydrogens is 176 g/mol. The zero-order valence-corrected chi connectivity index (χ0v) is 5.91. The van der Waals surface area contributed by atoms with Crippen molar-refractivity contribution in [3.63, 3.8) is 0 Å². The Morgan fingerprint density at radius 2 is 1.12 bits per heavy atom. The van der Waals surface area contributed by atoms with E-state index >= 15 is 0 Å². The summed E-state index contributed by atoms with van der Waals surface area (Å²) in [5.41, 5.74) is 0. The van der Waals surface area contributed by atoms with Crippen molar-refractivity contribution in [2.45, 2.75) is 0 Å². The first-order valence-electron chi connectivity index (χ1n) is 0.903. The van der Waals surface area contributed by atoms with Crippen molar-refractivity contribution in [2.75, 3.05) is 0 Å². The second-order valence-corrected chi connectivity index (χ2v) is 1.34. The molecule has 0 rings (SSSR count). The van der Waals surface area contributed by atoms with Gasteiger partial charge in [-0.3, -0.25) is 9.11 Å². The summed E-state index contributed by atoms with van der Waals surface area (Å²) in [5, 5.41) is 0. The van der Waals surface area contributed by atoms with Crippen LogP contribution in [0.15, 0.2) is 0 Å². The van der Waals surface area contributed by atoms with Crippen LogP contribution in [0.3, 0.4) is 0 Å². The number of rotatable bonds is 0. The van der Waals surface area contributed by atoms with E-state index in [1.165, 1.54) is 0 Å². The van der Waals surface area contributed by atoms with Gasteiger partial charge in [0.15, 0.2) is 0 Å². The van der Waals surface area contributed by atoms with Crippen molar-refractivity contribution in [3.05, 3.63) is 0 Å². The van der Waals surface area contributed by atoms with Gasteiger partial charge < -0.3 is 5.48 Å². The summed E-state index contributed by atoms with van der Waals surface area (Å²) in [6, 6.07) is 0. The van der Waals surface area contributed by atoms with Crippen LogP contribution in [-0.4, -0.2) is 23.0 Å². The van der Waals surface area contributed by atoms with Crippen molar-refractivity contribution >= 4 is 10.4 Å². The van der Waals surface area contributed by atoms with Crippen LogP contribution in [0.2, 0.25) is 0 Å². The fourth-order valence-corrected chi connectivity index (χ4v) is 0. The van der Waals surface area contributed by atoms with Crippen LogP contribution in [0.5, 0.6) is 0 Å². The summed E-state index contributed by atoms with van der Waals surface area (Å²) in [7, 11) is -4.67. The molecule has 0 radical (unpaired) electrons. The summed E-state index contributed by atoms with van der Waals surface area (Å²) in [4.78, 5) is 0. The van der Waals surface area contributed by atoms with Crippen molar-refractivity contribution < 1.29 is 46.7 Å². The molecule has 8 heavy (non-hydrogen) atoms. The summed E-state index contributed by atoms with van der Waals surface area (Å²) in [6.07, 6.45) is 0. The van der Waals surface area contributed by atoms with E-state index in [4.69, 9.17) is 20.8 Å². The molecular formula is H4O6STi. The van der Waals surface area contributed by atoms with Gasteiger partial charge in [0.1, 0.15) is 0 Å². The Morgan fingerprint density at radius 1 is 1.12 bits per heavy atom. The van der Waals surface area contributed by atoms with Crippen molar-refractivity contribution in [1.82, 2.24) is 0 Å². The summed E-state index contributed by atoms with van der Waals surface area (Å²) in [6.45, 7) is 0. The summed E-state index contributed by atoms with van der Waals surface area (Å²) >= 11 is 0.750. The van der Waals surface area contributed by atoms with Gasteiger partial charge in [-0.2, -0.15) is 8.42 Å². The third-order valence-electron chi connectivity index (χ3n) is 0. The van der Waals surface area contributed by atoms with Crippen LogP contribution < -0.4 is 0 Å². The average Bonchev–Trinajstić information content (AvgIpc) is 1.36. The van der Waals surface area contributed by atoms with Gasteiger partial charge in [0.2, 0.25) is 0 Å². The van der Waals surface area contributed by atoms with Gasteiger partial charge in [0.25, 0.3) is 0 Å². The van der Waals surface area contributed by atoms with Gasteiger partial charge in [0, 0.05) is 0 Å². The molecule has 0 aromatic rings. The third kappa shape index (κ3) is 1530. The van der Waals surface area contributed by atoms with Gasteiger partial charge >= 0.3 is 34.1 Å². The van der Waals surface area contributed by atoms with Crippen LogP contribution >= 0.6 is 0 Å². The Labute approximate surface area is 57.5 Å². The van der Waals surface area contributed by atoms with Crippen molar-refractivity contribution in [1.29, 1.82) is 0 Å². The molecule has 0 heterocycles. The third-order valence-corrected chi connectivity index (χ3v) is 0. The summed E-state index contributed by atoms with van der Waals surface area (Å²) in [5.74, 6) is 0. The van der Waals surface area contributed by atoms with E-state index in [2.05, 4.69) is 0 Å². The maximum absolute atomic E-state index is 8.74. The van der Waals surface area contributed by atoms with E-state index in [0.29, 0.717) is 0 Å². The van der Waals surface area contributed by atoms with Crippen LogP contribution in [0.1, 0.15) is 0 Å². The molecule has 0 amide bonds. The predicted octanol–water partition coefficient (Wildman–Crippen LogP) is -1.60. The second-order valence-electron chi connectivity index (χ2n) is 0.448. The minimum atomic E-state index is -4.67. The van der Waals surface area contributed by atoms with Crippen LogP contribution in [0.25, 0.3) is 0 Å². The van der Waals surface area contributed by atoms with Crippen LogP contribution in [0.4, 0.5) is 0 Å². The molecule has 0 unspecified atom stereocenters. The zero-order chi connectivity index (χ0) is 6.50. The molecule has 0 fully saturated rings. The molecule has 0 saturated carbocycles. The fraction of sp³-hybridized carbons (Fsp3) is 0. The molecule has 0 aliphatic rings. The first-order valence-corrected chi connectivity index (χ1v) is 2.94. The fourth-order valence-electron chi connectivity index (χ4n) is 0. The minimum absolute atomic E-state index is 0. The van der Waals surface area contributed by atoms with E-state index in [9.17, 15) is 0 Å². The van der Waals surface area contributed by atoms with E-state index in [1.54, 1.807) is 0 Å². The second kappa shape index (κ2) is 7.34. The quantitative estimate of drug-likeness (QED) is 0.343. The van der Waals surface area contributed by atoms with E-state index in [-0.39, 0.29) is 5.48 Å². The van der Waals surface area contributed by atoms with E-state index in [0.717, 1.165) is 20.4 Å². The van der Waals surface area contributed by atoms with Gasteiger partial charge in [0.05, 0.1) is 0 Å². The molecule has 0 atom stereocenters. The first kappa shape index (κ1) is 15.8. The average molecular weight is 180 g/mol. The molecule has 6 nitrogen and oxygen atoms in total. The summed E-state index contributed by atoms with van der Waals surface area (Å²) < 4.78 is 39.8. The Bertz CT molecular complexity index is 102. The predicted molar refractivity (Wildman–Crippen MR) is 18.5 cm³/mol. The van der Waals surface area contributed by atoms with Crippen LogP contribution in [-0.2, 0) is 34.1 Å². The molecule has 4 N–H and O–H groups in total. The van der Waals surface area contributed by atoms with E-state index < -0.39 is 10.4 Å². The molecule has 0 saturated heterocycles. The van der Waals surface area contributed by atoms with Gasteiger partial charge in [-0.1, -0.05) is 0 Å². The molecule has 0 aromatic heterocycles. The molecule has 50 valence electrons. The topological polar surface area (TPSA) is 123 Å². The van der Waals surface area contributed by atoms with Gasteiger partial charge in [-0.05, 0) is 0 Å². The van der Waals surface area contributed by atoms with Gasteiger partial charge in [-0.15, -0.1) is 0 Å². The zero-order valence-electron chi connectivity index (χ0n) is 3.53. The number of hydrogen-bond acceptors (Lipinski definition) is 3. The molecule has 0 aliphatic heterocycles. The Hall–Kier alpha value is 0.344. The Balaban J connectivity index is -0.0000000750. The van der Waals surface area contributed by atoms with E-state index in [1.807, 2.05) is 0 Å². The van der Waals surface area contributed by atoms with Crippen molar-refractivity contribution in [2.24, 2.45) is 0 Å². The molecule has 0 aromatic carbocycles. The molecule has 8 heteroatoms. The van der Waals surface area contributed by atoms with Crippen molar-refractivity contribution in [3.8, 4) is 0 Å². The molecule has 0 aliphatic carbocycles. The van der Waals surface area contributed by atoms with Gasteiger partial charge in [-0.25, -0.2) is 0 Å². The standard InChI is InChI=1S/H2O4S.H2O.O.Ti/c1-5(2,3)4;;;/h(H2,1,2,3,4);1H2;;. The SMILES string of the molecule is O.O=S(=O)(O)O.[O]=[Ti]. The Kier molecular flexibility index (Phi) is 14.5. The maximum atomic E-state index is 8.74. The Morgan fingerprint density at radius 3 is 1.12 bits per heavy atom. The van der Waals surface area contributed by atoms with Crippen LogP contribution in [0, 0.1) is 0 Å². The first-order chi connectivity index (χ1) is 3.00.